The van der Waals surface area contributed by atoms with E-state index in [2.05, 4.69) is 68.3 Å². The molecule has 2 aliphatic rings. The van der Waals surface area contributed by atoms with Gasteiger partial charge in [-0.05, 0) is 72.2 Å². The Labute approximate surface area is 130 Å². The monoisotopic (exact) mass is 376 g/mol. The first-order chi connectivity index (χ1) is 9.19. The smallest absolute Gasteiger partial charge is 0.0215 e. The van der Waals surface area contributed by atoms with E-state index < -0.39 is 0 Å². The largest absolute Gasteiger partial charge is 0.0576 e. The van der Waals surface area contributed by atoms with E-state index in [1.165, 1.54) is 45.8 Å². The highest BCUT2D eigenvalue weighted by Crippen LogP contribution is 2.53. The minimum atomic E-state index is 0.276. The number of rotatable bonds is 0. The van der Waals surface area contributed by atoms with E-state index in [1.807, 2.05) is 0 Å². The predicted molar refractivity (Wildman–Crippen MR) is 85.7 cm³/mol. The predicted octanol–water partition coefficient (Wildman–Crippen LogP) is 5.39. The summed E-state index contributed by atoms with van der Waals surface area (Å²) in [6.45, 7) is 0. The van der Waals surface area contributed by atoms with E-state index >= 15 is 0 Å². The van der Waals surface area contributed by atoms with Crippen LogP contribution in [0.3, 0.4) is 0 Å². The molecule has 0 amide bonds. The van der Waals surface area contributed by atoms with Crippen LogP contribution in [0.4, 0.5) is 0 Å². The van der Waals surface area contributed by atoms with Crippen molar-refractivity contribution in [1.29, 1.82) is 0 Å². The Balaban J connectivity index is 1.97. The molecule has 0 aliphatic heterocycles. The van der Waals surface area contributed by atoms with Crippen LogP contribution in [0.5, 0.6) is 0 Å². The van der Waals surface area contributed by atoms with Crippen molar-refractivity contribution in [3.8, 4) is 0 Å². The van der Waals surface area contributed by atoms with Crippen LogP contribution in [0.15, 0.2) is 45.3 Å². The third-order valence-electron chi connectivity index (χ3n) is 4.82. The van der Waals surface area contributed by atoms with Gasteiger partial charge in [0.25, 0.3) is 0 Å². The standard InChI is InChI=1S/C17H14Br2/c18-13-3-1-11-5-7-17(15(11)9-13)8-6-12-2-4-14(19)10-16(12)17/h1-4,9-10H,5-8H2. The van der Waals surface area contributed by atoms with Gasteiger partial charge in [0.15, 0.2) is 0 Å². The van der Waals surface area contributed by atoms with Crippen LogP contribution < -0.4 is 0 Å². The maximum atomic E-state index is 3.64. The van der Waals surface area contributed by atoms with Crippen molar-refractivity contribution in [2.45, 2.75) is 31.1 Å². The average molecular weight is 378 g/mol. The summed E-state index contributed by atoms with van der Waals surface area (Å²) >= 11 is 7.28. The number of benzene rings is 2. The first-order valence-corrected chi connectivity index (χ1v) is 8.35. The fourth-order valence-corrected chi connectivity index (χ4v) is 4.65. The molecular formula is C17H14Br2. The average Bonchev–Trinajstić information content (AvgIpc) is 2.94. The van der Waals surface area contributed by atoms with E-state index in [0.29, 0.717) is 0 Å². The first-order valence-electron chi connectivity index (χ1n) is 6.77. The highest BCUT2D eigenvalue weighted by molar-refractivity contribution is 9.10. The molecule has 2 aromatic carbocycles. The molecule has 96 valence electrons. The quantitative estimate of drug-likeness (QED) is 0.577. The topological polar surface area (TPSA) is 0 Å². The second-order valence-electron chi connectivity index (χ2n) is 5.69. The zero-order valence-corrected chi connectivity index (χ0v) is 13.7. The summed E-state index contributed by atoms with van der Waals surface area (Å²) in [5, 5.41) is 0. The molecule has 0 nitrogen and oxygen atoms in total. The van der Waals surface area contributed by atoms with E-state index in [-0.39, 0.29) is 5.41 Å². The van der Waals surface area contributed by atoms with Gasteiger partial charge >= 0.3 is 0 Å². The SMILES string of the molecule is Brc1ccc2c(c1)C1(CC2)CCc2ccc(Br)cc21. The van der Waals surface area contributed by atoms with Crippen LogP contribution >= 0.6 is 31.9 Å². The zero-order chi connectivity index (χ0) is 13.0. The number of fused-ring (bicyclic) bond motifs is 4. The highest BCUT2D eigenvalue weighted by Gasteiger charge is 2.44. The zero-order valence-electron chi connectivity index (χ0n) is 10.5. The third-order valence-corrected chi connectivity index (χ3v) is 5.80. The van der Waals surface area contributed by atoms with E-state index in [1.54, 1.807) is 11.1 Å². The molecule has 0 radical (unpaired) electrons. The lowest BCUT2D eigenvalue weighted by Crippen LogP contribution is -2.21. The molecule has 4 rings (SSSR count). The molecule has 0 atom stereocenters. The number of hydrogen-bond acceptors (Lipinski definition) is 0. The molecule has 19 heavy (non-hydrogen) atoms. The van der Waals surface area contributed by atoms with Gasteiger partial charge in [-0.1, -0.05) is 44.0 Å². The summed E-state index contributed by atoms with van der Waals surface area (Å²) < 4.78 is 2.41. The fourth-order valence-electron chi connectivity index (χ4n) is 3.93. The van der Waals surface area contributed by atoms with Crippen LogP contribution in [-0.4, -0.2) is 0 Å². The molecule has 2 heteroatoms. The Morgan fingerprint density at radius 2 is 1.21 bits per heavy atom. The van der Waals surface area contributed by atoms with Crippen molar-refractivity contribution < 1.29 is 0 Å². The van der Waals surface area contributed by atoms with Gasteiger partial charge in [-0.25, -0.2) is 0 Å². The molecule has 0 unspecified atom stereocenters. The molecule has 0 heterocycles. The van der Waals surface area contributed by atoms with Crippen LogP contribution in [0.2, 0.25) is 0 Å². The normalized spacial score (nSPS) is 18.6. The Bertz CT molecular complexity index is 613. The van der Waals surface area contributed by atoms with E-state index in [9.17, 15) is 0 Å². The van der Waals surface area contributed by atoms with E-state index in [4.69, 9.17) is 0 Å². The second-order valence-corrected chi connectivity index (χ2v) is 7.52. The van der Waals surface area contributed by atoms with Gasteiger partial charge in [-0.3, -0.25) is 0 Å². The molecule has 2 aromatic rings. The van der Waals surface area contributed by atoms with Gasteiger partial charge in [0, 0.05) is 14.4 Å². The fraction of sp³-hybridized carbons (Fsp3) is 0.294. The molecule has 0 saturated heterocycles. The van der Waals surface area contributed by atoms with Gasteiger partial charge in [0.2, 0.25) is 0 Å². The summed E-state index contributed by atoms with van der Waals surface area (Å²) in [6, 6.07) is 13.6. The van der Waals surface area contributed by atoms with Gasteiger partial charge < -0.3 is 0 Å². The van der Waals surface area contributed by atoms with Gasteiger partial charge in [-0.2, -0.15) is 0 Å². The lowest BCUT2D eigenvalue weighted by Gasteiger charge is -2.27. The Morgan fingerprint density at radius 3 is 1.68 bits per heavy atom. The van der Waals surface area contributed by atoms with Crippen molar-refractivity contribution >= 4 is 31.9 Å². The second kappa shape index (κ2) is 4.20. The number of aryl methyl sites for hydroxylation is 2. The minimum absolute atomic E-state index is 0.276. The first kappa shape index (κ1) is 12.2. The maximum absolute atomic E-state index is 3.64. The Morgan fingerprint density at radius 1 is 0.737 bits per heavy atom. The third kappa shape index (κ3) is 1.69. The molecular weight excluding hydrogens is 364 g/mol. The molecule has 0 saturated carbocycles. The van der Waals surface area contributed by atoms with Crippen molar-refractivity contribution in [3.63, 3.8) is 0 Å². The Kier molecular flexibility index (Phi) is 2.69. The molecule has 0 N–H and O–H groups in total. The molecule has 0 aromatic heterocycles. The molecule has 0 bridgehead atoms. The maximum Gasteiger partial charge on any atom is 0.0215 e. The molecule has 2 aliphatic carbocycles. The van der Waals surface area contributed by atoms with Gasteiger partial charge in [0.05, 0.1) is 0 Å². The van der Waals surface area contributed by atoms with Crippen molar-refractivity contribution in [2.24, 2.45) is 0 Å². The number of halogens is 2. The van der Waals surface area contributed by atoms with Crippen molar-refractivity contribution in [1.82, 2.24) is 0 Å². The van der Waals surface area contributed by atoms with E-state index in [0.717, 1.165) is 0 Å². The molecule has 1 spiro atoms. The minimum Gasteiger partial charge on any atom is -0.0576 e. The summed E-state index contributed by atoms with van der Waals surface area (Å²) in [7, 11) is 0. The summed E-state index contributed by atoms with van der Waals surface area (Å²) in [5.41, 5.74) is 6.46. The lowest BCUT2D eigenvalue weighted by molar-refractivity contribution is 0.507. The molecule has 0 fully saturated rings. The summed E-state index contributed by atoms with van der Waals surface area (Å²) in [4.78, 5) is 0. The number of hydrogen-bond donors (Lipinski definition) is 0. The van der Waals surface area contributed by atoms with Gasteiger partial charge in [0.1, 0.15) is 0 Å². The summed E-state index contributed by atoms with van der Waals surface area (Å²) in [6.07, 6.45) is 4.97. The van der Waals surface area contributed by atoms with Crippen LogP contribution in [0, 0.1) is 0 Å². The van der Waals surface area contributed by atoms with Crippen LogP contribution in [0.1, 0.15) is 35.1 Å². The summed E-state index contributed by atoms with van der Waals surface area (Å²) in [5.74, 6) is 0. The Hall–Kier alpha value is -0.600. The van der Waals surface area contributed by atoms with Crippen LogP contribution in [0.25, 0.3) is 0 Å². The van der Waals surface area contributed by atoms with Crippen LogP contribution in [-0.2, 0) is 18.3 Å². The van der Waals surface area contributed by atoms with Gasteiger partial charge in [-0.15, -0.1) is 0 Å². The lowest BCUT2D eigenvalue weighted by atomic mass is 9.77. The van der Waals surface area contributed by atoms with Crippen molar-refractivity contribution in [2.75, 3.05) is 0 Å². The highest BCUT2D eigenvalue weighted by atomic mass is 79.9. The van der Waals surface area contributed by atoms with Crippen molar-refractivity contribution in [3.05, 3.63) is 67.6 Å².